The predicted molar refractivity (Wildman–Crippen MR) is 88.3 cm³/mol. The number of furan rings is 1. The highest BCUT2D eigenvalue weighted by Crippen LogP contribution is 2.22. The van der Waals surface area contributed by atoms with Gasteiger partial charge in [0.25, 0.3) is 5.91 Å². The van der Waals surface area contributed by atoms with E-state index in [4.69, 9.17) is 4.42 Å². The SMILES string of the molecule is O=C(NCc1cccc(OC(F)F)c1)c1ccc(-c2ccc(F)cc2)o1. The largest absolute Gasteiger partial charge is 0.451 e. The van der Waals surface area contributed by atoms with E-state index in [0.717, 1.165) is 0 Å². The third kappa shape index (κ3) is 4.44. The van der Waals surface area contributed by atoms with Gasteiger partial charge in [0.1, 0.15) is 17.3 Å². The minimum absolute atomic E-state index is 0.0170. The lowest BCUT2D eigenvalue weighted by molar-refractivity contribution is -0.0498. The number of ether oxygens (including phenoxy) is 1. The monoisotopic (exact) mass is 361 g/mol. The number of halogens is 3. The zero-order valence-corrected chi connectivity index (χ0v) is 13.4. The fraction of sp³-hybridized carbons (Fsp3) is 0.105. The summed E-state index contributed by atoms with van der Waals surface area (Å²) < 4.78 is 47.2. The van der Waals surface area contributed by atoms with E-state index in [9.17, 15) is 18.0 Å². The summed E-state index contributed by atoms with van der Waals surface area (Å²) in [6.07, 6.45) is 0. The molecule has 0 saturated heterocycles. The highest BCUT2D eigenvalue weighted by atomic mass is 19.3. The van der Waals surface area contributed by atoms with Crippen molar-refractivity contribution < 1.29 is 27.1 Å². The molecule has 3 rings (SSSR count). The van der Waals surface area contributed by atoms with Crippen LogP contribution in [0.5, 0.6) is 5.75 Å². The van der Waals surface area contributed by atoms with E-state index in [-0.39, 0.29) is 23.9 Å². The third-order valence-corrected chi connectivity index (χ3v) is 3.54. The molecule has 1 amide bonds. The van der Waals surface area contributed by atoms with Gasteiger partial charge in [-0.15, -0.1) is 0 Å². The molecule has 0 unspecified atom stereocenters. The standard InChI is InChI=1S/C19H14F3NO3/c20-14-6-4-13(5-7-14)16-8-9-17(26-16)18(24)23-11-12-2-1-3-15(10-12)25-19(21)22/h1-10,19H,11H2,(H,23,24). The van der Waals surface area contributed by atoms with Crippen LogP contribution in [-0.2, 0) is 6.54 Å². The first-order valence-corrected chi connectivity index (χ1v) is 7.69. The van der Waals surface area contributed by atoms with Crippen molar-refractivity contribution in [3.8, 4) is 17.1 Å². The van der Waals surface area contributed by atoms with E-state index in [1.807, 2.05) is 0 Å². The summed E-state index contributed by atoms with van der Waals surface area (Å²) in [5, 5.41) is 2.63. The molecule has 0 aliphatic heterocycles. The van der Waals surface area contributed by atoms with Crippen molar-refractivity contribution in [3.63, 3.8) is 0 Å². The van der Waals surface area contributed by atoms with Crippen LogP contribution in [0.4, 0.5) is 13.2 Å². The first-order chi connectivity index (χ1) is 12.5. The van der Waals surface area contributed by atoms with Crippen LogP contribution in [0.2, 0.25) is 0 Å². The Morgan fingerprint density at radius 1 is 1.08 bits per heavy atom. The summed E-state index contributed by atoms with van der Waals surface area (Å²) in [6.45, 7) is -2.79. The molecule has 0 aliphatic rings. The molecule has 134 valence electrons. The smallest absolute Gasteiger partial charge is 0.387 e. The van der Waals surface area contributed by atoms with Gasteiger partial charge in [-0.3, -0.25) is 4.79 Å². The molecule has 0 radical (unpaired) electrons. The average Bonchev–Trinajstić information content (AvgIpc) is 3.10. The van der Waals surface area contributed by atoms with Crippen molar-refractivity contribution in [3.05, 3.63) is 77.8 Å². The summed E-state index contributed by atoms with van der Waals surface area (Å²) in [6, 6.07) is 14.8. The Balaban J connectivity index is 1.63. The number of amides is 1. The summed E-state index contributed by atoms with van der Waals surface area (Å²) in [4.78, 5) is 12.2. The summed E-state index contributed by atoms with van der Waals surface area (Å²) in [7, 11) is 0. The Kier molecular flexibility index (Phi) is 5.26. The Labute approximate surface area is 147 Å². The Morgan fingerprint density at radius 3 is 2.58 bits per heavy atom. The molecule has 2 aromatic carbocycles. The molecule has 1 aromatic heterocycles. The number of benzene rings is 2. The second-order valence-corrected chi connectivity index (χ2v) is 5.38. The Hall–Kier alpha value is -3.22. The first-order valence-electron chi connectivity index (χ1n) is 7.69. The van der Waals surface area contributed by atoms with Crippen LogP contribution in [0, 0.1) is 5.82 Å². The van der Waals surface area contributed by atoms with Gasteiger partial charge in [0.05, 0.1) is 0 Å². The highest BCUT2D eigenvalue weighted by Gasteiger charge is 2.12. The maximum Gasteiger partial charge on any atom is 0.387 e. The van der Waals surface area contributed by atoms with Crippen LogP contribution in [0.3, 0.4) is 0 Å². The van der Waals surface area contributed by atoms with Crippen molar-refractivity contribution in [2.75, 3.05) is 0 Å². The number of rotatable bonds is 6. The van der Waals surface area contributed by atoms with Crippen molar-refractivity contribution >= 4 is 5.91 Å². The van der Waals surface area contributed by atoms with Gasteiger partial charge in [-0.2, -0.15) is 8.78 Å². The molecule has 26 heavy (non-hydrogen) atoms. The highest BCUT2D eigenvalue weighted by molar-refractivity contribution is 5.92. The number of carbonyl (C=O) groups excluding carboxylic acids is 1. The van der Waals surface area contributed by atoms with Gasteiger partial charge in [0.2, 0.25) is 0 Å². The summed E-state index contributed by atoms with van der Waals surface area (Å²) in [5.41, 5.74) is 1.24. The molecule has 3 aromatic rings. The van der Waals surface area contributed by atoms with E-state index in [0.29, 0.717) is 16.9 Å². The molecular weight excluding hydrogens is 347 g/mol. The third-order valence-electron chi connectivity index (χ3n) is 3.54. The minimum Gasteiger partial charge on any atom is -0.451 e. The summed E-state index contributed by atoms with van der Waals surface area (Å²) >= 11 is 0. The average molecular weight is 361 g/mol. The Bertz CT molecular complexity index is 891. The molecule has 0 saturated carbocycles. The lowest BCUT2D eigenvalue weighted by atomic mass is 10.2. The van der Waals surface area contributed by atoms with Crippen molar-refractivity contribution in [2.24, 2.45) is 0 Å². The van der Waals surface area contributed by atoms with Crippen LogP contribution in [-0.4, -0.2) is 12.5 Å². The molecule has 1 heterocycles. The maximum absolute atomic E-state index is 13.0. The van der Waals surface area contributed by atoms with Crippen molar-refractivity contribution in [2.45, 2.75) is 13.2 Å². The van der Waals surface area contributed by atoms with Crippen LogP contribution < -0.4 is 10.1 Å². The maximum atomic E-state index is 13.0. The molecule has 1 N–H and O–H groups in total. The number of alkyl halides is 2. The van der Waals surface area contributed by atoms with Gasteiger partial charge < -0.3 is 14.5 Å². The second-order valence-electron chi connectivity index (χ2n) is 5.38. The van der Waals surface area contributed by atoms with Crippen LogP contribution in [0.15, 0.2) is 65.1 Å². The summed E-state index contributed by atoms with van der Waals surface area (Å²) in [5.74, 6) is -0.287. The molecule has 0 spiro atoms. The van der Waals surface area contributed by atoms with E-state index in [1.165, 1.54) is 30.3 Å². The van der Waals surface area contributed by atoms with Crippen LogP contribution >= 0.6 is 0 Å². The van der Waals surface area contributed by atoms with Crippen LogP contribution in [0.1, 0.15) is 16.1 Å². The van der Waals surface area contributed by atoms with Gasteiger partial charge >= 0.3 is 6.61 Å². The minimum atomic E-state index is -2.91. The zero-order chi connectivity index (χ0) is 18.5. The number of hydrogen-bond donors (Lipinski definition) is 1. The van der Waals surface area contributed by atoms with Gasteiger partial charge in [-0.05, 0) is 54.1 Å². The van der Waals surface area contributed by atoms with Crippen molar-refractivity contribution in [1.29, 1.82) is 0 Å². The van der Waals surface area contributed by atoms with Gasteiger partial charge in [-0.1, -0.05) is 12.1 Å². The fourth-order valence-electron chi connectivity index (χ4n) is 2.33. The fourth-order valence-corrected chi connectivity index (χ4v) is 2.33. The van der Waals surface area contributed by atoms with Crippen molar-refractivity contribution in [1.82, 2.24) is 5.32 Å². The molecular formula is C19H14F3NO3. The molecule has 0 fully saturated rings. The normalized spacial score (nSPS) is 10.8. The predicted octanol–water partition coefficient (Wildman–Crippen LogP) is 4.62. The lowest BCUT2D eigenvalue weighted by Crippen LogP contribution is -2.22. The van der Waals surface area contributed by atoms with Crippen LogP contribution in [0.25, 0.3) is 11.3 Å². The lowest BCUT2D eigenvalue weighted by Gasteiger charge is -2.07. The molecule has 7 heteroatoms. The van der Waals surface area contributed by atoms with E-state index >= 15 is 0 Å². The number of hydrogen-bond acceptors (Lipinski definition) is 3. The van der Waals surface area contributed by atoms with E-state index in [2.05, 4.69) is 10.1 Å². The number of nitrogens with one attached hydrogen (secondary N) is 1. The van der Waals surface area contributed by atoms with Gasteiger partial charge in [0.15, 0.2) is 5.76 Å². The number of carbonyl (C=O) groups is 1. The van der Waals surface area contributed by atoms with Gasteiger partial charge in [0, 0.05) is 12.1 Å². The molecule has 0 atom stereocenters. The molecule has 4 nitrogen and oxygen atoms in total. The van der Waals surface area contributed by atoms with Gasteiger partial charge in [-0.25, -0.2) is 4.39 Å². The topological polar surface area (TPSA) is 51.5 Å². The second kappa shape index (κ2) is 7.77. The molecule has 0 aliphatic carbocycles. The molecule has 0 bridgehead atoms. The zero-order valence-electron chi connectivity index (χ0n) is 13.4. The van der Waals surface area contributed by atoms with E-state index < -0.39 is 12.5 Å². The first kappa shape index (κ1) is 17.6. The Morgan fingerprint density at radius 2 is 1.85 bits per heavy atom. The van der Waals surface area contributed by atoms with E-state index in [1.54, 1.807) is 30.3 Å². The quantitative estimate of drug-likeness (QED) is 0.697.